The minimum absolute atomic E-state index is 0.0995. The topological polar surface area (TPSA) is 59.2 Å². The van der Waals surface area contributed by atoms with Crippen LogP contribution in [0.1, 0.15) is 25.7 Å². The lowest BCUT2D eigenvalue weighted by atomic mass is 10.2. The molecule has 0 aliphatic carbocycles. The number of aromatic nitrogens is 2. The number of para-hydroxylation sites is 1. The van der Waals surface area contributed by atoms with Crippen LogP contribution in [0.3, 0.4) is 0 Å². The van der Waals surface area contributed by atoms with Gasteiger partial charge in [-0.2, -0.15) is 16.3 Å². The number of thioether (sulfide) groups is 1. The molecule has 3 heterocycles. The van der Waals surface area contributed by atoms with Gasteiger partial charge < -0.3 is 9.42 Å². The summed E-state index contributed by atoms with van der Waals surface area (Å²) in [5, 5.41) is 8.46. The van der Waals surface area contributed by atoms with Crippen LogP contribution in [0.5, 0.6) is 0 Å². The summed E-state index contributed by atoms with van der Waals surface area (Å²) >= 11 is 3.43. The van der Waals surface area contributed by atoms with Crippen molar-refractivity contribution in [3.05, 3.63) is 47.0 Å². The van der Waals surface area contributed by atoms with Crippen molar-refractivity contribution in [2.45, 2.75) is 36.3 Å². The van der Waals surface area contributed by atoms with Crippen molar-refractivity contribution in [2.24, 2.45) is 0 Å². The molecule has 1 unspecified atom stereocenters. The van der Waals surface area contributed by atoms with E-state index in [0.29, 0.717) is 29.8 Å². The predicted octanol–water partition coefficient (Wildman–Crippen LogP) is 4.65. The third-order valence-electron chi connectivity index (χ3n) is 4.34. The highest BCUT2D eigenvalue weighted by atomic mass is 32.2. The van der Waals surface area contributed by atoms with Gasteiger partial charge in [0.25, 0.3) is 0 Å². The van der Waals surface area contributed by atoms with Gasteiger partial charge in [-0.3, -0.25) is 4.79 Å². The molecule has 5 nitrogen and oxygen atoms in total. The van der Waals surface area contributed by atoms with Crippen LogP contribution >= 0.6 is 23.1 Å². The van der Waals surface area contributed by atoms with Gasteiger partial charge in [-0.05, 0) is 30.0 Å². The average molecular weight is 386 g/mol. The van der Waals surface area contributed by atoms with E-state index in [4.69, 9.17) is 4.52 Å². The minimum Gasteiger partial charge on any atom is -0.339 e. The molecule has 0 radical (unpaired) electrons. The molecule has 1 aliphatic rings. The molecule has 0 saturated carbocycles. The second-order valence-electron chi connectivity index (χ2n) is 6.25. The number of amides is 1. The first kappa shape index (κ1) is 17.3. The Kier molecular flexibility index (Phi) is 5.08. The van der Waals surface area contributed by atoms with Gasteiger partial charge in [0, 0.05) is 40.5 Å². The Balaban J connectivity index is 1.45. The van der Waals surface area contributed by atoms with E-state index < -0.39 is 0 Å². The number of hydrogen-bond acceptors (Lipinski definition) is 6. The Morgan fingerprint density at radius 2 is 2.23 bits per heavy atom. The molecule has 1 aliphatic heterocycles. The maximum atomic E-state index is 12.9. The fourth-order valence-electron chi connectivity index (χ4n) is 2.96. The highest BCUT2D eigenvalue weighted by Crippen LogP contribution is 2.37. The van der Waals surface area contributed by atoms with Crippen molar-refractivity contribution in [1.29, 1.82) is 0 Å². The highest BCUT2D eigenvalue weighted by Gasteiger charge is 2.24. The fraction of sp³-hybridized carbons (Fsp3) is 0.316. The van der Waals surface area contributed by atoms with Gasteiger partial charge in [-0.25, -0.2) is 0 Å². The molecule has 0 fully saturated rings. The third kappa shape index (κ3) is 3.68. The van der Waals surface area contributed by atoms with Crippen LogP contribution in [0.2, 0.25) is 0 Å². The van der Waals surface area contributed by atoms with E-state index >= 15 is 0 Å². The summed E-state index contributed by atoms with van der Waals surface area (Å²) in [4.78, 5) is 20.3. The molecule has 1 atom stereocenters. The molecule has 2 aromatic heterocycles. The second-order valence-corrected chi connectivity index (χ2v) is 8.51. The summed E-state index contributed by atoms with van der Waals surface area (Å²) in [6.45, 7) is 2.95. The smallest absolute Gasteiger partial charge is 0.227 e. The molecule has 0 N–H and O–H groups in total. The van der Waals surface area contributed by atoms with Gasteiger partial charge in [0.05, 0.1) is 5.69 Å². The summed E-state index contributed by atoms with van der Waals surface area (Å²) in [6, 6.07) is 10.1. The largest absolute Gasteiger partial charge is 0.339 e. The number of rotatable bonds is 4. The summed E-state index contributed by atoms with van der Waals surface area (Å²) in [5.41, 5.74) is 1.96. The number of anilines is 1. The zero-order valence-electron chi connectivity index (χ0n) is 14.4. The molecule has 26 heavy (non-hydrogen) atoms. The van der Waals surface area contributed by atoms with Gasteiger partial charge in [-0.1, -0.05) is 24.2 Å². The van der Waals surface area contributed by atoms with Crippen molar-refractivity contribution in [1.82, 2.24) is 10.1 Å². The Labute approximate surface area is 160 Å². The maximum absolute atomic E-state index is 12.9. The number of hydrogen-bond donors (Lipinski definition) is 0. The first-order valence-corrected chi connectivity index (χ1v) is 10.4. The lowest BCUT2D eigenvalue weighted by Crippen LogP contribution is -2.32. The van der Waals surface area contributed by atoms with E-state index in [1.54, 1.807) is 11.3 Å². The molecule has 134 valence electrons. The third-order valence-corrected chi connectivity index (χ3v) is 6.27. The normalized spacial score (nSPS) is 17.0. The van der Waals surface area contributed by atoms with Gasteiger partial charge in [0.15, 0.2) is 0 Å². The van der Waals surface area contributed by atoms with Crippen LogP contribution in [-0.2, 0) is 11.2 Å². The Bertz CT molecular complexity index is 892. The van der Waals surface area contributed by atoms with Gasteiger partial charge in [0.2, 0.25) is 17.6 Å². The lowest BCUT2D eigenvalue weighted by molar-refractivity contribution is -0.118. The van der Waals surface area contributed by atoms with Crippen LogP contribution in [0.25, 0.3) is 11.4 Å². The molecular weight excluding hydrogens is 366 g/mol. The van der Waals surface area contributed by atoms with E-state index in [1.165, 1.54) is 4.90 Å². The van der Waals surface area contributed by atoms with Crippen LogP contribution in [0, 0.1) is 0 Å². The van der Waals surface area contributed by atoms with E-state index in [1.807, 2.05) is 51.7 Å². The summed E-state index contributed by atoms with van der Waals surface area (Å²) in [5.74, 6) is 1.19. The van der Waals surface area contributed by atoms with Crippen molar-refractivity contribution >= 4 is 34.7 Å². The number of benzene rings is 1. The molecule has 0 saturated heterocycles. The van der Waals surface area contributed by atoms with Crippen molar-refractivity contribution in [3.8, 4) is 11.4 Å². The average Bonchev–Trinajstić information content (AvgIpc) is 3.29. The Hall–Kier alpha value is -2.12. The van der Waals surface area contributed by atoms with Gasteiger partial charge >= 0.3 is 0 Å². The number of nitrogens with zero attached hydrogens (tertiary/aromatic N) is 3. The van der Waals surface area contributed by atoms with Crippen molar-refractivity contribution < 1.29 is 9.32 Å². The van der Waals surface area contributed by atoms with Gasteiger partial charge in [0.1, 0.15) is 0 Å². The molecule has 4 rings (SSSR count). The first-order chi connectivity index (χ1) is 12.7. The number of thiophene rings is 1. The Morgan fingerprint density at radius 3 is 3.08 bits per heavy atom. The van der Waals surface area contributed by atoms with E-state index in [0.717, 1.165) is 24.2 Å². The number of carbonyl (C=O) groups is 1. The monoisotopic (exact) mass is 385 g/mol. The van der Waals surface area contributed by atoms with E-state index in [9.17, 15) is 4.79 Å². The predicted molar refractivity (Wildman–Crippen MR) is 105 cm³/mol. The molecule has 0 spiro atoms. The molecule has 7 heteroatoms. The van der Waals surface area contributed by atoms with Crippen molar-refractivity contribution in [2.75, 3.05) is 11.4 Å². The van der Waals surface area contributed by atoms with Crippen LogP contribution in [-0.4, -0.2) is 27.8 Å². The molecule has 3 aromatic rings. The molecule has 1 aromatic carbocycles. The quantitative estimate of drug-likeness (QED) is 0.654. The number of carbonyl (C=O) groups excluding carboxylic acids is 1. The molecular formula is C19H19N3O2S2. The Morgan fingerprint density at radius 1 is 1.35 bits per heavy atom. The SMILES string of the molecule is CC1CCN(C(=O)CCc2nc(-c3ccsc3)no2)c2ccccc2S1. The van der Waals surface area contributed by atoms with Crippen LogP contribution in [0.4, 0.5) is 5.69 Å². The minimum atomic E-state index is 0.0995. The molecule has 1 amide bonds. The zero-order chi connectivity index (χ0) is 17.9. The van der Waals surface area contributed by atoms with Gasteiger partial charge in [-0.15, -0.1) is 11.8 Å². The summed E-state index contributed by atoms with van der Waals surface area (Å²) < 4.78 is 5.31. The van der Waals surface area contributed by atoms with E-state index in [-0.39, 0.29) is 5.91 Å². The second kappa shape index (κ2) is 7.63. The van der Waals surface area contributed by atoms with Crippen LogP contribution < -0.4 is 4.90 Å². The van der Waals surface area contributed by atoms with Crippen molar-refractivity contribution in [3.63, 3.8) is 0 Å². The number of aryl methyl sites for hydroxylation is 1. The van der Waals surface area contributed by atoms with E-state index in [2.05, 4.69) is 23.1 Å². The first-order valence-electron chi connectivity index (χ1n) is 8.62. The lowest BCUT2D eigenvalue weighted by Gasteiger charge is -2.22. The molecule has 0 bridgehead atoms. The number of fused-ring (bicyclic) bond motifs is 1. The maximum Gasteiger partial charge on any atom is 0.227 e. The highest BCUT2D eigenvalue weighted by molar-refractivity contribution is 8.00. The zero-order valence-corrected chi connectivity index (χ0v) is 16.1. The summed E-state index contributed by atoms with van der Waals surface area (Å²) in [7, 11) is 0. The standard InChI is InChI=1S/C19H19N3O2S2/c1-13-8-10-22(15-4-2-3-5-16(15)26-13)18(23)7-6-17-20-19(21-24-17)14-9-11-25-12-14/h2-5,9,11-13H,6-8,10H2,1H3. The van der Waals surface area contributed by atoms with Crippen LogP contribution in [0.15, 0.2) is 50.5 Å². The fourth-order valence-corrected chi connectivity index (χ4v) is 4.71. The summed E-state index contributed by atoms with van der Waals surface area (Å²) in [6.07, 6.45) is 1.80.